The highest BCUT2D eigenvalue weighted by atomic mass is 19.1. The van der Waals surface area contributed by atoms with E-state index in [1.54, 1.807) is 16.7 Å². The van der Waals surface area contributed by atoms with E-state index in [9.17, 15) is 13.6 Å². The maximum atomic E-state index is 14.3. The monoisotopic (exact) mass is 386 g/mol. The Bertz CT molecular complexity index is 1020. The average Bonchev–Trinajstić information content (AvgIpc) is 3.34. The molecule has 1 atom stereocenters. The minimum Gasteiger partial charge on any atom is -0.395 e. The van der Waals surface area contributed by atoms with Crippen molar-refractivity contribution in [1.29, 1.82) is 0 Å². The molecule has 1 fully saturated rings. The van der Waals surface area contributed by atoms with E-state index in [2.05, 4.69) is 10.3 Å². The first-order valence-electron chi connectivity index (χ1n) is 9.16. The van der Waals surface area contributed by atoms with Crippen LogP contribution in [0, 0.1) is 11.6 Å². The molecule has 0 aliphatic carbocycles. The van der Waals surface area contributed by atoms with Crippen LogP contribution in [0.3, 0.4) is 0 Å². The molecule has 0 bridgehead atoms. The first-order valence-corrected chi connectivity index (χ1v) is 9.16. The first kappa shape index (κ1) is 18.4. The Morgan fingerprint density at radius 1 is 1.29 bits per heavy atom. The molecule has 1 amide bonds. The predicted octanol–water partition coefficient (Wildman–Crippen LogP) is 2.68. The number of fused-ring (bicyclic) bond motifs is 1. The SMILES string of the molecule is O=C(NCCO)c1cnc2ccc(N3CCC[C@@H]3c3cc(F)ccc3F)cn12. The van der Waals surface area contributed by atoms with Crippen LogP contribution in [0.25, 0.3) is 5.65 Å². The Labute approximate surface area is 160 Å². The number of aliphatic hydroxyl groups is 1. The lowest BCUT2D eigenvalue weighted by molar-refractivity contribution is 0.0939. The number of halogens is 2. The van der Waals surface area contributed by atoms with Crippen molar-refractivity contribution in [1.82, 2.24) is 14.7 Å². The van der Waals surface area contributed by atoms with Crippen molar-refractivity contribution in [3.8, 4) is 0 Å². The molecule has 0 radical (unpaired) electrons. The Hall–Kier alpha value is -3.00. The molecule has 2 N–H and O–H groups in total. The summed E-state index contributed by atoms with van der Waals surface area (Å²) in [5, 5.41) is 11.5. The number of aliphatic hydroxyl groups excluding tert-OH is 1. The summed E-state index contributed by atoms with van der Waals surface area (Å²) in [7, 11) is 0. The number of nitrogens with one attached hydrogen (secondary N) is 1. The van der Waals surface area contributed by atoms with Gasteiger partial charge in [0.05, 0.1) is 24.5 Å². The number of imidazole rings is 1. The Kier molecular flexibility index (Phi) is 4.95. The van der Waals surface area contributed by atoms with Crippen LogP contribution in [0.2, 0.25) is 0 Å². The zero-order valence-electron chi connectivity index (χ0n) is 15.1. The van der Waals surface area contributed by atoms with Gasteiger partial charge in [-0.1, -0.05) is 0 Å². The van der Waals surface area contributed by atoms with Gasteiger partial charge in [0.2, 0.25) is 0 Å². The van der Waals surface area contributed by atoms with E-state index >= 15 is 0 Å². The fourth-order valence-corrected chi connectivity index (χ4v) is 3.74. The summed E-state index contributed by atoms with van der Waals surface area (Å²) in [6, 6.07) is 6.91. The molecule has 1 aromatic carbocycles. The third-order valence-electron chi connectivity index (χ3n) is 5.02. The number of anilines is 1. The second-order valence-electron chi connectivity index (χ2n) is 6.76. The van der Waals surface area contributed by atoms with E-state index in [-0.39, 0.29) is 25.1 Å². The number of hydrogen-bond donors (Lipinski definition) is 2. The van der Waals surface area contributed by atoms with Gasteiger partial charge in [-0.25, -0.2) is 13.8 Å². The van der Waals surface area contributed by atoms with Crippen LogP contribution in [-0.4, -0.2) is 40.1 Å². The summed E-state index contributed by atoms with van der Waals surface area (Å²) in [5.41, 5.74) is 2.08. The number of aromatic nitrogens is 2. The molecule has 146 valence electrons. The van der Waals surface area contributed by atoms with E-state index in [0.29, 0.717) is 29.9 Å². The van der Waals surface area contributed by atoms with Gasteiger partial charge >= 0.3 is 0 Å². The third kappa shape index (κ3) is 3.31. The molecule has 0 spiro atoms. The molecular formula is C20H20F2N4O2. The minimum atomic E-state index is -0.462. The number of pyridine rings is 1. The Morgan fingerprint density at radius 2 is 2.14 bits per heavy atom. The van der Waals surface area contributed by atoms with E-state index in [1.165, 1.54) is 12.3 Å². The zero-order chi connectivity index (χ0) is 19.7. The molecule has 3 aromatic rings. The quantitative estimate of drug-likeness (QED) is 0.707. The number of carbonyl (C=O) groups is 1. The van der Waals surface area contributed by atoms with E-state index < -0.39 is 11.6 Å². The molecule has 1 saturated heterocycles. The lowest BCUT2D eigenvalue weighted by Crippen LogP contribution is -2.27. The van der Waals surface area contributed by atoms with Crippen molar-refractivity contribution in [3.63, 3.8) is 0 Å². The van der Waals surface area contributed by atoms with Gasteiger partial charge in [-0.05, 0) is 43.2 Å². The molecule has 28 heavy (non-hydrogen) atoms. The smallest absolute Gasteiger partial charge is 0.270 e. The van der Waals surface area contributed by atoms with Gasteiger partial charge in [0.1, 0.15) is 23.0 Å². The standard InChI is InChI=1S/C20H20F2N4O2/c21-13-3-5-16(22)15(10-13)17-2-1-8-25(17)14-4-6-19-24-11-18(26(19)12-14)20(28)23-7-9-27/h3-6,10-12,17,27H,1-2,7-9H2,(H,23,28)/t17-/m1/s1. The molecule has 3 heterocycles. The van der Waals surface area contributed by atoms with Crippen molar-refractivity contribution in [2.24, 2.45) is 0 Å². The zero-order valence-corrected chi connectivity index (χ0v) is 15.1. The number of nitrogens with zero attached hydrogens (tertiary/aromatic N) is 3. The minimum absolute atomic E-state index is 0.150. The van der Waals surface area contributed by atoms with Gasteiger partial charge in [0, 0.05) is 24.8 Å². The van der Waals surface area contributed by atoms with Crippen LogP contribution in [0.5, 0.6) is 0 Å². The number of rotatable bonds is 5. The lowest BCUT2D eigenvalue weighted by atomic mass is 10.0. The number of hydrogen-bond acceptors (Lipinski definition) is 4. The fourth-order valence-electron chi connectivity index (χ4n) is 3.74. The van der Waals surface area contributed by atoms with Crippen LogP contribution in [0.4, 0.5) is 14.5 Å². The van der Waals surface area contributed by atoms with Gasteiger partial charge in [-0.2, -0.15) is 0 Å². The molecule has 1 aliphatic rings. The van der Waals surface area contributed by atoms with Crippen LogP contribution in [0.15, 0.2) is 42.7 Å². The van der Waals surface area contributed by atoms with Gasteiger partial charge in [-0.15, -0.1) is 0 Å². The van der Waals surface area contributed by atoms with Gasteiger partial charge < -0.3 is 15.3 Å². The second-order valence-corrected chi connectivity index (χ2v) is 6.76. The second kappa shape index (κ2) is 7.55. The summed E-state index contributed by atoms with van der Waals surface area (Å²) >= 11 is 0. The molecule has 2 aromatic heterocycles. The van der Waals surface area contributed by atoms with E-state index in [1.807, 2.05) is 11.0 Å². The third-order valence-corrected chi connectivity index (χ3v) is 5.02. The summed E-state index contributed by atoms with van der Waals surface area (Å²) in [6.45, 7) is 0.702. The highest BCUT2D eigenvalue weighted by Crippen LogP contribution is 2.37. The maximum absolute atomic E-state index is 14.3. The number of carbonyl (C=O) groups excluding carboxylic acids is 1. The fraction of sp³-hybridized carbons (Fsp3) is 0.300. The van der Waals surface area contributed by atoms with Crippen molar-refractivity contribution in [2.75, 3.05) is 24.6 Å². The van der Waals surface area contributed by atoms with Crippen molar-refractivity contribution < 1.29 is 18.7 Å². The van der Waals surface area contributed by atoms with Crippen molar-refractivity contribution in [3.05, 3.63) is 65.6 Å². The molecular weight excluding hydrogens is 366 g/mol. The molecule has 8 heteroatoms. The van der Waals surface area contributed by atoms with Crippen molar-refractivity contribution >= 4 is 17.2 Å². The van der Waals surface area contributed by atoms with Crippen LogP contribution >= 0.6 is 0 Å². The summed E-state index contributed by atoms with van der Waals surface area (Å²) in [6.07, 6.45) is 4.82. The maximum Gasteiger partial charge on any atom is 0.270 e. The topological polar surface area (TPSA) is 69.9 Å². The van der Waals surface area contributed by atoms with Crippen LogP contribution in [-0.2, 0) is 0 Å². The molecule has 0 unspecified atom stereocenters. The average molecular weight is 386 g/mol. The highest BCUT2D eigenvalue weighted by Gasteiger charge is 2.29. The Morgan fingerprint density at radius 3 is 2.96 bits per heavy atom. The van der Waals surface area contributed by atoms with E-state index in [4.69, 9.17) is 5.11 Å². The number of benzene rings is 1. The summed E-state index contributed by atoms with van der Waals surface area (Å²) in [5.74, 6) is -1.23. The van der Waals surface area contributed by atoms with Crippen LogP contribution < -0.4 is 10.2 Å². The molecule has 4 rings (SSSR count). The largest absolute Gasteiger partial charge is 0.395 e. The van der Waals surface area contributed by atoms with Gasteiger partial charge in [0.25, 0.3) is 5.91 Å². The highest BCUT2D eigenvalue weighted by molar-refractivity contribution is 5.93. The normalized spacial score (nSPS) is 16.7. The van der Waals surface area contributed by atoms with Gasteiger partial charge in [0.15, 0.2) is 0 Å². The lowest BCUT2D eigenvalue weighted by Gasteiger charge is -2.27. The summed E-state index contributed by atoms with van der Waals surface area (Å²) < 4.78 is 29.7. The summed E-state index contributed by atoms with van der Waals surface area (Å²) in [4.78, 5) is 18.5. The number of amides is 1. The predicted molar refractivity (Wildman–Crippen MR) is 100 cm³/mol. The van der Waals surface area contributed by atoms with Crippen LogP contribution in [0.1, 0.15) is 34.9 Å². The molecule has 1 aliphatic heterocycles. The van der Waals surface area contributed by atoms with Crippen molar-refractivity contribution in [2.45, 2.75) is 18.9 Å². The molecule has 6 nitrogen and oxygen atoms in total. The molecule has 0 saturated carbocycles. The Balaban J connectivity index is 1.70. The first-order chi connectivity index (χ1) is 13.6. The van der Waals surface area contributed by atoms with E-state index in [0.717, 1.165) is 24.2 Å². The van der Waals surface area contributed by atoms with Gasteiger partial charge in [-0.3, -0.25) is 9.20 Å².